The first-order chi connectivity index (χ1) is 16.1. The number of methoxy groups -OCH3 is 2. The van der Waals surface area contributed by atoms with Gasteiger partial charge in [0, 0.05) is 50.0 Å². The van der Waals surface area contributed by atoms with E-state index in [9.17, 15) is 9.59 Å². The third kappa shape index (κ3) is 5.57. The number of amides is 2. The van der Waals surface area contributed by atoms with Crippen molar-refractivity contribution in [1.82, 2.24) is 9.80 Å². The van der Waals surface area contributed by atoms with Crippen molar-refractivity contribution >= 4 is 11.8 Å². The van der Waals surface area contributed by atoms with Gasteiger partial charge in [-0.05, 0) is 49.2 Å². The van der Waals surface area contributed by atoms with Gasteiger partial charge in [0.05, 0.1) is 20.3 Å². The Hall–Kier alpha value is -3.26. The Morgan fingerprint density at radius 2 is 1.42 bits per heavy atom. The fourth-order valence-corrected chi connectivity index (χ4v) is 4.07. The van der Waals surface area contributed by atoms with Crippen LogP contribution in [0.2, 0.25) is 0 Å². The molecule has 2 aliphatic heterocycles. The summed E-state index contributed by atoms with van der Waals surface area (Å²) in [6.45, 7) is 3.21. The molecule has 33 heavy (non-hydrogen) atoms. The van der Waals surface area contributed by atoms with Gasteiger partial charge in [0.2, 0.25) is 0 Å². The van der Waals surface area contributed by atoms with Crippen LogP contribution >= 0.6 is 0 Å². The van der Waals surface area contributed by atoms with Gasteiger partial charge in [0.25, 0.3) is 11.8 Å². The van der Waals surface area contributed by atoms with E-state index in [2.05, 4.69) is 0 Å². The SMILES string of the molecule is COc1cc(OC)cc(C(=O)N2CCN(C(=O)c3ccc(OCC4CCCO4)cc3)CC2)c1. The minimum absolute atomic E-state index is 0.0455. The lowest BCUT2D eigenvalue weighted by atomic mass is 10.1. The number of carbonyl (C=O) groups is 2. The average Bonchev–Trinajstić information content (AvgIpc) is 3.40. The summed E-state index contributed by atoms with van der Waals surface area (Å²) in [5.41, 5.74) is 1.11. The van der Waals surface area contributed by atoms with E-state index in [4.69, 9.17) is 18.9 Å². The molecular weight excluding hydrogens is 424 g/mol. The van der Waals surface area contributed by atoms with E-state index in [-0.39, 0.29) is 17.9 Å². The number of carbonyl (C=O) groups excluding carboxylic acids is 2. The molecule has 2 fully saturated rings. The molecule has 0 aromatic heterocycles. The Morgan fingerprint density at radius 3 is 1.94 bits per heavy atom. The van der Waals surface area contributed by atoms with Crippen LogP contribution in [0.4, 0.5) is 0 Å². The van der Waals surface area contributed by atoms with E-state index >= 15 is 0 Å². The Labute approximate surface area is 194 Å². The zero-order valence-corrected chi connectivity index (χ0v) is 19.1. The van der Waals surface area contributed by atoms with Crippen molar-refractivity contribution in [3.63, 3.8) is 0 Å². The molecule has 0 spiro atoms. The lowest BCUT2D eigenvalue weighted by molar-refractivity contribution is 0.0535. The van der Waals surface area contributed by atoms with Gasteiger partial charge in [-0.15, -0.1) is 0 Å². The maximum atomic E-state index is 13.0. The molecule has 2 aromatic rings. The van der Waals surface area contributed by atoms with Gasteiger partial charge in [-0.25, -0.2) is 0 Å². The summed E-state index contributed by atoms with van der Waals surface area (Å²) in [7, 11) is 3.10. The molecule has 0 bridgehead atoms. The summed E-state index contributed by atoms with van der Waals surface area (Å²) in [6, 6.07) is 12.3. The van der Waals surface area contributed by atoms with Crippen molar-refractivity contribution in [2.45, 2.75) is 18.9 Å². The van der Waals surface area contributed by atoms with Crippen LogP contribution in [-0.2, 0) is 4.74 Å². The van der Waals surface area contributed by atoms with Gasteiger partial charge in [0.1, 0.15) is 23.9 Å². The van der Waals surface area contributed by atoms with Crippen molar-refractivity contribution in [2.75, 3.05) is 53.6 Å². The van der Waals surface area contributed by atoms with Gasteiger partial charge in [-0.2, -0.15) is 0 Å². The van der Waals surface area contributed by atoms with Gasteiger partial charge < -0.3 is 28.7 Å². The Bertz CT molecular complexity index is 941. The molecule has 2 saturated heterocycles. The third-order valence-electron chi connectivity index (χ3n) is 6.01. The van der Waals surface area contributed by atoms with Crippen molar-refractivity contribution in [1.29, 1.82) is 0 Å². The highest BCUT2D eigenvalue weighted by Gasteiger charge is 2.26. The molecule has 0 saturated carbocycles. The highest BCUT2D eigenvalue weighted by molar-refractivity contribution is 5.96. The first kappa shape index (κ1) is 22.9. The minimum Gasteiger partial charge on any atom is -0.497 e. The van der Waals surface area contributed by atoms with Gasteiger partial charge in [-0.3, -0.25) is 9.59 Å². The van der Waals surface area contributed by atoms with Gasteiger partial charge >= 0.3 is 0 Å². The predicted octanol–water partition coefficient (Wildman–Crippen LogP) is 2.86. The Kier molecular flexibility index (Phi) is 7.34. The normalized spacial score (nSPS) is 18.2. The number of rotatable bonds is 7. The summed E-state index contributed by atoms with van der Waals surface area (Å²) in [5, 5.41) is 0. The molecule has 0 N–H and O–H groups in total. The molecule has 2 amide bonds. The number of hydrogen-bond donors (Lipinski definition) is 0. The summed E-state index contributed by atoms with van der Waals surface area (Å²) in [5.74, 6) is 1.71. The second-order valence-corrected chi connectivity index (χ2v) is 8.16. The molecule has 8 nitrogen and oxygen atoms in total. The lowest BCUT2D eigenvalue weighted by Gasteiger charge is -2.35. The molecule has 0 radical (unpaired) electrons. The lowest BCUT2D eigenvalue weighted by Crippen LogP contribution is -2.50. The third-order valence-corrected chi connectivity index (χ3v) is 6.01. The zero-order chi connectivity index (χ0) is 23.2. The summed E-state index contributed by atoms with van der Waals surface area (Å²) < 4.78 is 21.9. The topological polar surface area (TPSA) is 77.5 Å². The fraction of sp³-hybridized carbons (Fsp3) is 0.440. The molecule has 1 unspecified atom stereocenters. The summed E-state index contributed by atoms with van der Waals surface area (Å²) in [6.07, 6.45) is 2.26. The second-order valence-electron chi connectivity index (χ2n) is 8.16. The van der Waals surface area contributed by atoms with Crippen LogP contribution in [0, 0.1) is 0 Å². The van der Waals surface area contributed by atoms with Crippen LogP contribution in [0.5, 0.6) is 17.2 Å². The van der Waals surface area contributed by atoms with Crippen LogP contribution in [0.25, 0.3) is 0 Å². The minimum atomic E-state index is -0.105. The summed E-state index contributed by atoms with van der Waals surface area (Å²) >= 11 is 0. The number of piperazine rings is 1. The smallest absolute Gasteiger partial charge is 0.254 e. The van der Waals surface area contributed by atoms with E-state index in [1.54, 1.807) is 54.4 Å². The molecule has 2 aliphatic rings. The Balaban J connectivity index is 1.31. The maximum Gasteiger partial charge on any atom is 0.254 e. The monoisotopic (exact) mass is 454 g/mol. The van der Waals surface area contributed by atoms with Crippen molar-refractivity contribution in [2.24, 2.45) is 0 Å². The number of ether oxygens (including phenoxy) is 4. The first-order valence-electron chi connectivity index (χ1n) is 11.2. The van der Waals surface area contributed by atoms with Crippen LogP contribution in [-0.4, -0.2) is 81.3 Å². The highest BCUT2D eigenvalue weighted by atomic mass is 16.5. The fourth-order valence-electron chi connectivity index (χ4n) is 4.07. The van der Waals surface area contributed by atoms with Crippen LogP contribution < -0.4 is 14.2 Å². The second kappa shape index (κ2) is 10.6. The van der Waals surface area contributed by atoms with Gasteiger partial charge in [-0.1, -0.05) is 0 Å². The van der Waals surface area contributed by atoms with E-state index < -0.39 is 0 Å². The highest BCUT2D eigenvalue weighted by Crippen LogP contribution is 2.24. The van der Waals surface area contributed by atoms with Crippen LogP contribution in [0.15, 0.2) is 42.5 Å². The average molecular weight is 455 g/mol. The molecule has 2 aromatic carbocycles. The van der Waals surface area contributed by atoms with E-state index in [0.717, 1.165) is 25.2 Å². The van der Waals surface area contributed by atoms with E-state index in [1.165, 1.54) is 0 Å². The molecule has 2 heterocycles. The van der Waals surface area contributed by atoms with Crippen molar-refractivity contribution < 1.29 is 28.5 Å². The largest absolute Gasteiger partial charge is 0.497 e. The quantitative estimate of drug-likeness (QED) is 0.640. The summed E-state index contributed by atoms with van der Waals surface area (Å²) in [4.78, 5) is 29.4. The number of hydrogen-bond acceptors (Lipinski definition) is 6. The van der Waals surface area contributed by atoms with E-state index in [0.29, 0.717) is 55.4 Å². The Morgan fingerprint density at radius 1 is 0.848 bits per heavy atom. The van der Waals surface area contributed by atoms with Gasteiger partial charge in [0.15, 0.2) is 0 Å². The van der Waals surface area contributed by atoms with E-state index in [1.807, 2.05) is 12.1 Å². The number of nitrogens with zero attached hydrogens (tertiary/aromatic N) is 2. The first-order valence-corrected chi connectivity index (χ1v) is 11.2. The maximum absolute atomic E-state index is 13.0. The van der Waals surface area contributed by atoms with Crippen LogP contribution in [0.3, 0.4) is 0 Å². The number of benzene rings is 2. The zero-order valence-electron chi connectivity index (χ0n) is 19.1. The molecule has 1 atom stereocenters. The standard InChI is InChI=1S/C25H30N2O6/c1-30-22-14-19(15-23(16-22)31-2)25(29)27-11-9-26(10-12-27)24(28)18-5-7-20(8-6-18)33-17-21-4-3-13-32-21/h5-8,14-16,21H,3-4,9-13,17H2,1-2H3. The molecule has 4 rings (SSSR count). The van der Waals surface area contributed by atoms with Crippen LogP contribution in [0.1, 0.15) is 33.6 Å². The molecule has 176 valence electrons. The van der Waals surface area contributed by atoms with Crippen molar-refractivity contribution in [3.8, 4) is 17.2 Å². The molecule has 0 aliphatic carbocycles. The molecule has 8 heteroatoms. The predicted molar refractivity (Wildman–Crippen MR) is 122 cm³/mol. The van der Waals surface area contributed by atoms with Crippen molar-refractivity contribution in [3.05, 3.63) is 53.6 Å². The molecular formula is C25H30N2O6.